The van der Waals surface area contributed by atoms with Gasteiger partial charge in [0.15, 0.2) is 0 Å². The Kier molecular flexibility index (Phi) is 7.72. The Balaban J connectivity index is 2.46. The molecule has 1 aliphatic heterocycles. The molecule has 1 rings (SSSR count). The monoisotopic (exact) mass is 330 g/mol. The molecule has 1 aliphatic rings. The molecule has 0 aromatic rings. The maximum absolute atomic E-state index is 12.3. The summed E-state index contributed by atoms with van der Waals surface area (Å²) in [6.07, 6.45) is 4.35. The smallest absolute Gasteiger partial charge is 0.326 e. The predicted octanol–water partition coefficient (Wildman–Crippen LogP) is 1.45. The third-order valence-electron chi connectivity index (χ3n) is 3.88. The first-order valence-electron chi connectivity index (χ1n) is 7.87. The van der Waals surface area contributed by atoms with E-state index in [-0.39, 0.29) is 23.5 Å². The molecule has 0 aromatic carbocycles. The van der Waals surface area contributed by atoms with E-state index in [0.717, 1.165) is 19.3 Å². The Morgan fingerprint density at radius 2 is 2.09 bits per heavy atom. The lowest BCUT2D eigenvalue weighted by atomic mass is 10.1. The van der Waals surface area contributed by atoms with Crippen LogP contribution >= 0.6 is 12.6 Å². The van der Waals surface area contributed by atoms with E-state index in [4.69, 9.17) is 5.11 Å². The molecule has 0 saturated carbocycles. The van der Waals surface area contributed by atoms with Crippen molar-refractivity contribution in [2.24, 2.45) is 0 Å². The van der Waals surface area contributed by atoms with Crippen LogP contribution in [0.1, 0.15) is 52.4 Å². The van der Waals surface area contributed by atoms with Crippen molar-refractivity contribution in [1.82, 2.24) is 10.2 Å². The number of nitrogens with one attached hydrogen (secondary N) is 1. The molecule has 0 bridgehead atoms. The van der Waals surface area contributed by atoms with Gasteiger partial charge in [-0.05, 0) is 26.2 Å². The maximum Gasteiger partial charge on any atom is 0.326 e. The molecule has 126 valence electrons. The average molecular weight is 330 g/mol. The van der Waals surface area contributed by atoms with Crippen molar-refractivity contribution in [3.8, 4) is 0 Å². The lowest BCUT2D eigenvalue weighted by Crippen LogP contribution is -2.50. The minimum Gasteiger partial charge on any atom is -0.480 e. The van der Waals surface area contributed by atoms with Gasteiger partial charge < -0.3 is 15.3 Å². The van der Waals surface area contributed by atoms with Crippen molar-refractivity contribution in [2.75, 3.05) is 6.54 Å². The molecular weight excluding hydrogens is 304 g/mol. The normalized spacial score (nSPS) is 20.5. The van der Waals surface area contributed by atoms with Gasteiger partial charge >= 0.3 is 5.97 Å². The van der Waals surface area contributed by atoms with Crippen LogP contribution in [0, 0.1) is 0 Å². The number of carbonyl (C=O) groups is 3. The SMILES string of the molecule is CCCCC(S)CC(=O)N[C@@H](C)C(=O)N1CCC[C@H]1C(=O)O. The molecule has 0 aliphatic carbocycles. The van der Waals surface area contributed by atoms with Crippen molar-refractivity contribution >= 4 is 30.4 Å². The number of aliphatic carboxylic acids is 1. The van der Waals surface area contributed by atoms with Crippen molar-refractivity contribution in [2.45, 2.75) is 69.7 Å². The third kappa shape index (κ3) is 5.51. The summed E-state index contributed by atoms with van der Waals surface area (Å²) in [5, 5.41) is 11.7. The molecule has 22 heavy (non-hydrogen) atoms. The molecule has 1 unspecified atom stereocenters. The molecule has 1 fully saturated rings. The van der Waals surface area contributed by atoms with Crippen LogP contribution in [0.3, 0.4) is 0 Å². The number of carbonyl (C=O) groups excluding carboxylic acids is 2. The van der Waals surface area contributed by atoms with Gasteiger partial charge in [-0.3, -0.25) is 9.59 Å². The second kappa shape index (κ2) is 9.02. The molecular formula is C15H26N2O4S. The largest absolute Gasteiger partial charge is 0.480 e. The summed E-state index contributed by atoms with van der Waals surface area (Å²) in [6.45, 7) is 4.11. The van der Waals surface area contributed by atoms with E-state index in [1.807, 2.05) is 0 Å². The molecule has 1 saturated heterocycles. The van der Waals surface area contributed by atoms with Crippen molar-refractivity contribution in [3.63, 3.8) is 0 Å². The molecule has 0 spiro atoms. The van der Waals surface area contributed by atoms with E-state index >= 15 is 0 Å². The third-order valence-corrected chi connectivity index (χ3v) is 4.32. The number of amides is 2. The molecule has 0 aromatic heterocycles. The van der Waals surface area contributed by atoms with Gasteiger partial charge in [0.1, 0.15) is 12.1 Å². The van der Waals surface area contributed by atoms with E-state index in [9.17, 15) is 14.4 Å². The summed E-state index contributed by atoms with van der Waals surface area (Å²) in [5.41, 5.74) is 0. The highest BCUT2D eigenvalue weighted by Gasteiger charge is 2.36. The Labute approximate surface area is 137 Å². The number of thiol groups is 1. The first-order valence-corrected chi connectivity index (χ1v) is 8.39. The fourth-order valence-electron chi connectivity index (χ4n) is 2.65. The van der Waals surface area contributed by atoms with Crippen LogP contribution in [0.4, 0.5) is 0 Å². The van der Waals surface area contributed by atoms with Crippen molar-refractivity contribution < 1.29 is 19.5 Å². The Hall–Kier alpha value is -1.24. The molecule has 1 heterocycles. The highest BCUT2D eigenvalue weighted by molar-refractivity contribution is 7.81. The number of carboxylic acids is 1. The first kappa shape index (κ1) is 18.8. The van der Waals surface area contributed by atoms with Gasteiger partial charge in [-0.1, -0.05) is 19.8 Å². The number of likely N-dealkylation sites (tertiary alicyclic amines) is 1. The highest BCUT2D eigenvalue weighted by atomic mass is 32.1. The Morgan fingerprint density at radius 1 is 1.41 bits per heavy atom. The zero-order chi connectivity index (χ0) is 16.7. The summed E-state index contributed by atoms with van der Waals surface area (Å²) >= 11 is 4.37. The Morgan fingerprint density at radius 3 is 2.68 bits per heavy atom. The van der Waals surface area contributed by atoms with E-state index in [1.165, 1.54) is 4.90 Å². The molecule has 0 radical (unpaired) electrons. The summed E-state index contributed by atoms with van der Waals surface area (Å²) in [5.74, 6) is -1.54. The van der Waals surface area contributed by atoms with Crippen molar-refractivity contribution in [1.29, 1.82) is 0 Å². The van der Waals surface area contributed by atoms with Gasteiger partial charge in [-0.15, -0.1) is 0 Å². The predicted molar refractivity (Wildman–Crippen MR) is 86.9 cm³/mol. The molecule has 3 atom stereocenters. The van der Waals surface area contributed by atoms with Crippen LogP contribution < -0.4 is 5.32 Å². The minimum atomic E-state index is -0.987. The lowest BCUT2D eigenvalue weighted by Gasteiger charge is -2.25. The van der Waals surface area contributed by atoms with Crippen molar-refractivity contribution in [3.05, 3.63) is 0 Å². The Bertz CT molecular complexity index is 416. The molecule has 7 heteroatoms. The average Bonchev–Trinajstić information content (AvgIpc) is 2.93. The fourth-order valence-corrected chi connectivity index (χ4v) is 3.00. The fraction of sp³-hybridized carbons (Fsp3) is 0.800. The summed E-state index contributed by atoms with van der Waals surface area (Å²) in [6, 6.07) is -1.48. The van der Waals surface area contributed by atoms with E-state index in [0.29, 0.717) is 19.4 Å². The highest BCUT2D eigenvalue weighted by Crippen LogP contribution is 2.18. The van der Waals surface area contributed by atoms with E-state index < -0.39 is 18.1 Å². The van der Waals surface area contributed by atoms with Crippen LogP contribution in [0.25, 0.3) is 0 Å². The standard InChI is InChI=1S/C15H26N2O4S/c1-3-4-6-11(22)9-13(18)16-10(2)14(19)17-8-5-7-12(17)15(20)21/h10-12,22H,3-9H2,1-2H3,(H,16,18)(H,20,21)/t10-,11?,12-/m0/s1. The van der Waals surface area contributed by atoms with Crippen LogP contribution in [0.2, 0.25) is 0 Å². The van der Waals surface area contributed by atoms with Crippen LogP contribution in [-0.4, -0.2) is 51.7 Å². The number of hydrogen-bond acceptors (Lipinski definition) is 4. The summed E-state index contributed by atoms with van der Waals surface area (Å²) < 4.78 is 0. The van der Waals surface area contributed by atoms with Gasteiger partial charge in [0.05, 0.1) is 0 Å². The summed E-state index contributed by atoms with van der Waals surface area (Å²) in [7, 11) is 0. The van der Waals surface area contributed by atoms with E-state index in [1.54, 1.807) is 6.92 Å². The molecule has 6 nitrogen and oxygen atoms in total. The van der Waals surface area contributed by atoms with Crippen LogP contribution in [0.5, 0.6) is 0 Å². The number of unbranched alkanes of at least 4 members (excludes halogenated alkanes) is 1. The second-order valence-electron chi connectivity index (χ2n) is 5.82. The first-order chi connectivity index (χ1) is 10.4. The zero-order valence-corrected chi connectivity index (χ0v) is 14.1. The van der Waals surface area contributed by atoms with Crippen LogP contribution in [0.15, 0.2) is 0 Å². The van der Waals surface area contributed by atoms with Gasteiger partial charge in [-0.25, -0.2) is 4.79 Å². The second-order valence-corrected chi connectivity index (χ2v) is 6.55. The van der Waals surface area contributed by atoms with Gasteiger partial charge in [0, 0.05) is 18.2 Å². The molecule has 2 N–H and O–H groups in total. The molecule has 2 amide bonds. The van der Waals surface area contributed by atoms with Gasteiger partial charge in [0.25, 0.3) is 0 Å². The minimum absolute atomic E-state index is 0.0131. The topological polar surface area (TPSA) is 86.7 Å². The van der Waals surface area contributed by atoms with Gasteiger partial charge in [0.2, 0.25) is 11.8 Å². The number of rotatable bonds is 8. The quantitative estimate of drug-likeness (QED) is 0.588. The zero-order valence-electron chi connectivity index (χ0n) is 13.2. The summed E-state index contributed by atoms with van der Waals surface area (Å²) in [4.78, 5) is 36.7. The van der Waals surface area contributed by atoms with Gasteiger partial charge in [-0.2, -0.15) is 12.6 Å². The number of carboxylic acid groups (broad SMARTS) is 1. The number of hydrogen-bond donors (Lipinski definition) is 3. The van der Waals surface area contributed by atoms with E-state index in [2.05, 4.69) is 24.9 Å². The van der Waals surface area contributed by atoms with Crippen LogP contribution in [-0.2, 0) is 14.4 Å². The maximum atomic E-state index is 12.3. The lowest BCUT2D eigenvalue weighted by molar-refractivity contribution is -0.149. The number of nitrogens with zero attached hydrogens (tertiary/aromatic N) is 1.